The zero-order chi connectivity index (χ0) is 8.69. The van der Waals surface area contributed by atoms with Gasteiger partial charge in [0.25, 0.3) is 0 Å². The predicted molar refractivity (Wildman–Crippen MR) is 39.9 cm³/mol. The minimum absolute atomic E-state index is 0.279. The van der Waals surface area contributed by atoms with Gasteiger partial charge in [-0.15, -0.1) is 0 Å². The molecule has 4 N–H and O–H groups in total. The molecule has 5 heteroatoms. The van der Waals surface area contributed by atoms with Gasteiger partial charge in [0.15, 0.2) is 0 Å². The molecule has 0 bridgehead atoms. The van der Waals surface area contributed by atoms with Crippen molar-refractivity contribution < 1.29 is 14.6 Å². The van der Waals surface area contributed by atoms with Crippen molar-refractivity contribution in [1.29, 1.82) is 0 Å². The van der Waals surface area contributed by atoms with Crippen molar-refractivity contribution >= 4 is 5.91 Å². The van der Waals surface area contributed by atoms with Gasteiger partial charge >= 0.3 is 0 Å². The number of aliphatic hydroxyl groups excluding tert-OH is 1. The Morgan fingerprint density at radius 2 is 2.45 bits per heavy atom. The standard InChI is InChI=1S/C6H14N2O3/c1-11-3-2-8-5(4-9)6(7)10/h5,8-9H,2-4H2,1H3,(H2,7,10). The number of nitrogens with one attached hydrogen (secondary N) is 1. The van der Waals surface area contributed by atoms with Crippen LogP contribution < -0.4 is 11.1 Å². The summed E-state index contributed by atoms with van der Waals surface area (Å²) in [5, 5.41) is 11.3. The van der Waals surface area contributed by atoms with E-state index in [4.69, 9.17) is 15.6 Å². The van der Waals surface area contributed by atoms with E-state index in [1.807, 2.05) is 0 Å². The van der Waals surface area contributed by atoms with Crippen molar-refractivity contribution in [2.45, 2.75) is 6.04 Å². The Balaban J connectivity index is 3.44. The number of hydrogen-bond acceptors (Lipinski definition) is 4. The SMILES string of the molecule is COCCNC(CO)C(N)=O. The van der Waals surface area contributed by atoms with Crippen LogP contribution in [0.15, 0.2) is 0 Å². The van der Waals surface area contributed by atoms with Gasteiger partial charge in [-0.2, -0.15) is 0 Å². The average molecular weight is 162 g/mol. The fourth-order valence-electron chi connectivity index (χ4n) is 0.590. The molecule has 0 heterocycles. The topological polar surface area (TPSA) is 84.6 Å². The van der Waals surface area contributed by atoms with Gasteiger partial charge in [0.1, 0.15) is 6.04 Å². The summed E-state index contributed by atoms with van der Waals surface area (Å²) in [6.45, 7) is 0.716. The van der Waals surface area contributed by atoms with Gasteiger partial charge in [-0.3, -0.25) is 4.79 Å². The summed E-state index contributed by atoms with van der Waals surface area (Å²) >= 11 is 0. The summed E-state index contributed by atoms with van der Waals surface area (Å²) in [6.07, 6.45) is 0. The Hall–Kier alpha value is -0.650. The van der Waals surface area contributed by atoms with Gasteiger partial charge in [0, 0.05) is 13.7 Å². The fourth-order valence-corrected chi connectivity index (χ4v) is 0.590. The van der Waals surface area contributed by atoms with Crippen molar-refractivity contribution in [3.05, 3.63) is 0 Å². The zero-order valence-electron chi connectivity index (χ0n) is 6.54. The molecule has 5 nitrogen and oxygen atoms in total. The van der Waals surface area contributed by atoms with Crippen molar-refractivity contribution in [1.82, 2.24) is 5.32 Å². The van der Waals surface area contributed by atoms with Crippen LogP contribution in [0, 0.1) is 0 Å². The van der Waals surface area contributed by atoms with E-state index in [-0.39, 0.29) is 6.61 Å². The van der Waals surface area contributed by atoms with E-state index in [0.29, 0.717) is 13.2 Å². The third-order valence-electron chi connectivity index (χ3n) is 1.22. The van der Waals surface area contributed by atoms with Crippen LogP contribution >= 0.6 is 0 Å². The number of ether oxygens (including phenoxy) is 1. The number of primary amides is 1. The highest BCUT2D eigenvalue weighted by atomic mass is 16.5. The maximum absolute atomic E-state index is 10.5. The molecule has 0 aliphatic carbocycles. The Kier molecular flexibility index (Phi) is 5.73. The van der Waals surface area contributed by atoms with Crippen LogP contribution in [0.3, 0.4) is 0 Å². The Labute approximate surface area is 65.5 Å². The predicted octanol–water partition coefficient (Wildman–Crippen LogP) is -1.93. The van der Waals surface area contributed by atoms with Crippen molar-refractivity contribution in [2.24, 2.45) is 5.73 Å². The summed E-state index contributed by atoms with van der Waals surface area (Å²) in [4.78, 5) is 10.5. The minimum Gasteiger partial charge on any atom is -0.394 e. The fraction of sp³-hybridized carbons (Fsp3) is 0.833. The molecule has 0 fully saturated rings. The minimum atomic E-state index is -0.662. The molecule has 0 aromatic heterocycles. The second-order valence-corrected chi connectivity index (χ2v) is 2.08. The van der Waals surface area contributed by atoms with E-state index in [1.54, 1.807) is 7.11 Å². The highest BCUT2D eigenvalue weighted by molar-refractivity contribution is 5.79. The number of methoxy groups -OCH3 is 1. The maximum Gasteiger partial charge on any atom is 0.236 e. The third kappa shape index (κ3) is 4.72. The van der Waals surface area contributed by atoms with E-state index >= 15 is 0 Å². The molecule has 66 valence electrons. The molecular formula is C6H14N2O3. The van der Waals surface area contributed by atoms with Crippen LogP contribution in [0.25, 0.3) is 0 Å². The summed E-state index contributed by atoms with van der Waals surface area (Å²) in [5.74, 6) is -0.552. The van der Waals surface area contributed by atoms with Gasteiger partial charge in [-0.05, 0) is 0 Å². The monoisotopic (exact) mass is 162 g/mol. The quantitative estimate of drug-likeness (QED) is 0.397. The summed E-state index contributed by atoms with van der Waals surface area (Å²) in [5.41, 5.74) is 4.93. The molecule has 0 rings (SSSR count). The van der Waals surface area contributed by atoms with Crippen molar-refractivity contribution in [2.75, 3.05) is 26.9 Å². The van der Waals surface area contributed by atoms with Crippen LogP contribution in [0.1, 0.15) is 0 Å². The van der Waals surface area contributed by atoms with E-state index in [1.165, 1.54) is 0 Å². The number of nitrogens with two attached hydrogens (primary N) is 1. The lowest BCUT2D eigenvalue weighted by molar-refractivity contribution is -0.120. The number of amides is 1. The highest BCUT2D eigenvalue weighted by Gasteiger charge is 2.11. The molecule has 11 heavy (non-hydrogen) atoms. The van der Waals surface area contributed by atoms with Crippen molar-refractivity contribution in [3.8, 4) is 0 Å². The molecule has 1 amide bonds. The number of hydrogen-bond donors (Lipinski definition) is 3. The van der Waals surface area contributed by atoms with Gasteiger partial charge in [-0.25, -0.2) is 0 Å². The normalized spacial score (nSPS) is 12.9. The second kappa shape index (κ2) is 6.09. The Morgan fingerprint density at radius 1 is 1.82 bits per heavy atom. The molecule has 0 spiro atoms. The lowest BCUT2D eigenvalue weighted by Gasteiger charge is -2.11. The van der Waals surface area contributed by atoms with E-state index in [9.17, 15) is 4.79 Å². The first-order chi connectivity index (χ1) is 5.22. The summed E-state index contributed by atoms with van der Waals surface area (Å²) in [6, 6.07) is -0.662. The molecule has 0 saturated heterocycles. The largest absolute Gasteiger partial charge is 0.394 e. The van der Waals surface area contributed by atoms with Crippen molar-refractivity contribution in [3.63, 3.8) is 0 Å². The van der Waals surface area contributed by atoms with Gasteiger partial charge in [0.2, 0.25) is 5.91 Å². The molecule has 0 aromatic rings. The van der Waals surface area contributed by atoms with Gasteiger partial charge in [0.05, 0.1) is 13.2 Å². The molecule has 0 saturated carbocycles. The molecule has 0 radical (unpaired) electrons. The molecule has 1 atom stereocenters. The molecular weight excluding hydrogens is 148 g/mol. The Bertz CT molecular complexity index is 118. The van der Waals surface area contributed by atoms with E-state index < -0.39 is 11.9 Å². The third-order valence-corrected chi connectivity index (χ3v) is 1.22. The Morgan fingerprint density at radius 3 is 2.82 bits per heavy atom. The molecule has 0 aliphatic rings. The smallest absolute Gasteiger partial charge is 0.236 e. The van der Waals surface area contributed by atoms with Crippen LogP contribution in [0.2, 0.25) is 0 Å². The first kappa shape index (κ1) is 10.3. The number of aliphatic hydroxyl groups is 1. The molecule has 0 aromatic carbocycles. The number of rotatable bonds is 6. The lowest BCUT2D eigenvalue weighted by atomic mass is 10.3. The van der Waals surface area contributed by atoms with Gasteiger partial charge < -0.3 is 20.9 Å². The van der Waals surface area contributed by atoms with E-state index in [0.717, 1.165) is 0 Å². The highest BCUT2D eigenvalue weighted by Crippen LogP contribution is 1.78. The summed E-state index contributed by atoms with van der Waals surface area (Å²) in [7, 11) is 1.56. The maximum atomic E-state index is 10.5. The van der Waals surface area contributed by atoms with Gasteiger partial charge in [-0.1, -0.05) is 0 Å². The van der Waals surface area contributed by atoms with E-state index in [2.05, 4.69) is 5.32 Å². The molecule has 0 aliphatic heterocycles. The van der Waals surface area contributed by atoms with Crippen LogP contribution in [-0.2, 0) is 9.53 Å². The molecule has 1 unspecified atom stereocenters. The first-order valence-corrected chi connectivity index (χ1v) is 3.35. The number of carbonyl (C=O) groups excluding carboxylic acids is 1. The van der Waals surface area contributed by atoms with Crippen LogP contribution in [-0.4, -0.2) is 43.9 Å². The van der Waals surface area contributed by atoms with Crippen LogP contribution in [0.4, 0.5) is 0 Å². The number of carbonyl (C=O) groups is 1. The zero-order valence-corrected chi connectivity index (χ0v) is 6.54. The first-order valence-electron chi connectivity index (χ1n) is 3.35. The second-order valence-electron chi connectivity index (χ2n) is 2.08. The average Bonchev–Trinajstić information content (AvgIpc) is 1.97. The lowest BCUT2D eigenvalue weighted by Crippen LogP contribution is -2.45. The summed E-state index contributed by atoms with van der Waals surface area (Å²) < 4.78 is 4.72. The van der Waals surface area contributed by atoms with Crippen LogP contribution in [0.5, 0.6) is 0 Å².